The molecular weight excluding hydrogens is 361 g/mol. The SMILES string of the molecule is C.C.C.CCC(C)C[N-]C.P.[CH2-]C.[W+2]. The van der Waals surface area contributed by atoms with E-state index in [0.29, 0.717) is 0 Å². The zero-order chi connectivity index (χ0) is 7.70. The zero-order valence-electron chi connectivity index (χ0n) is 8.26. The van der Waals surface area contributed by atoms with Crippen molar-refractivity contribution in [3.05, 3.63) is 12.2 Å². The van der Waals surface area contributed by atoms with Crippen molar-refractivity contribution >= 4 is 9.90 Å². The molecule has 0 amide bonds. The molecule has 2 unspecified atom stereocenters. The topological polar surface area (TPSA) is 14.1 Å². The minimum atomic E-state index is 0. The molecule has 0 radical (unpaired) electrons. The number of hydrogen-bond acceptors (Lipinski definition) is 0. The van der Waals surface area contributed by atoms with Crippen LogP contribution in [-0.2, 0) is 21.1 Å². The van der Waals surface area contributed by atoms with Gasteiger partial charge in [-0.05, 0) is 0 Å². The van der Waals surface area contributed by atoms with E-state index in [0.717, 1.165) is 12.5 Å². The van der Waals surface area contributed by atoms with Gasteiger partial charge in [-0.25, -0.2) is 0 Å². The third kappa shape index (κ3) is 51.6. The second-order valence-electron chi connectivity index (χ2n) is 2.01. The van der Waals surface area contributed by atoms with Gasteiger partial charge in [0.1, 0.15) is 0 Å². The third-order valence-electron chi connectivity index (χ3n) is 1.19. The molecule has 0 aliphatic heterocycles. The summed E-state index contributed by atoms with van der Waals surface area (Å²) in [6.45, 7) is 10.4. The Morgan fingerprint density at radius 3 is 1.50 bits per heavy atom. The van der Waals surface area contributed by atoms with E-state index >= 15 is 0 Å². The average molecular weight is 395 g/mol. The molecule has 0 aromatic carbocycles. The summed E-state index contributed by atoms with van der Waals surface area (Å²) in [7, 11) is 1.87. The maximum atomic E-state index is 4.01. The smallest absolute Gasteiger partial charge is 0.665 e. The van der Waals surface area contributed by atoms with Gasteiger partial charge in [0.15, 0.2) is 0 Å². The largest absolute Gasteiger partial charge is 2.00 e. The van der Waals surface area contributed by atoms with Crippen molar-refractivity contribution in [3.8, 4) is 0 Å². The van der Waals surface area contributed by atoms with Gasteiger partial charge in [-0.1, -0.05) is 48.5 Å². The Balaban J connectivity index is -0.0000000132. The quantitative estimate of drug-likeness (QED) is 0.480. The van der Waals surface area contributed by atoms with Crippen molar-refractivity contribution in [2.24, 2.45) is 5.92 Å². The minimum Gasteiger partial charge on any atom is -0.665 e. The van der Waals surface area contributed by atoms with Gasteiger partial charge in [-0.3, -0.25) is 0 Å². The van der Waals surface area contributed by atoms with Crippen LogP contribution in [0.2, 0.25) is 0 Å². The van der Waals surface area contributed by atoms with Gasteiger partial charge in [0.2, 0.25) is 0 Å². The van der Waals surface area contributed by atoms with Crippen LogP contribution >= 0.6 is 9.90 Å². The van der Waals surface area contributed by atoms with Gasteiger partial charge in [-0.2, -0.15) is 23.9 Å². The summed E-state index contributed by atoms with van der Waals surface area (Å²) in [5, 5.41) is 4.01. The Hall–Kier alpha value is 1.08. The van der Waals surface area contributed by atoms with E-state index in [-0.39, 0.29) is 53.2 Å². The average Bonchev–Trinajstić information content (AvgIpc) is 1.93. The maximum Gasteiger partial charge on any atom is 2.00 e. The van der Waals surface area contributed by atoms with E-state index in [1.165, 1.54) is 6.42 Å². The molecule has 0 aliphatic rings. The normalized spacial score (nSPS) is 7.50. The third-order valence-corrected chi connectivity index (χ3v) is 1.19. The number of rotatable bonds is 3. The van der Waals surface area contributed by atoms with E-state index in [1.54, 1.807) is 6.92 Å². The first kappa shape index (κ1) is 45.8. The van der Waals surface area contributed by atoms with Crippen molar-refractivity contribution in [1.29, 1.82) is 0 Å². The molecule has 0 rings (SSSR count). The molecule has 0 heterocycles. The molecule has 94 valence electrons. The second-order valence-corrected chi connectivity index (χ2v) is 2.01. The molecule has 0 saturated heterocycles. The van der Waals surface area contributed by atoms with Crippen LogP contribution in [-0.4, -0.2) is 13.6 Å². The van der Waals surface area contributed by atoms with Gasteiger partial charge in [0.05, 0.1) is 0 Å². The summed E-state index contributed by atoms with van der Waals surface area (Å²) >= 11 is 0. The van der Waals surface area contributed by atoms with E-state index in [1.807, 2.05) is 7.05 Å². The van der Waals surface area contributed by atoms with Crippen LogP contribution in [0.25, 0.3) is 5.32 Å². The van der Waals surface area contributed by atoms with Gasteiger partial charge >= 0.3 is 21.1 Å². The van der Waals surface area contributed by atoms with E-state index in [2.05, 4.69) is 26.1 Å². The Bertz CT molecular complexity index is 46.3. The predicted octanol–water partition coefficient (Wildman–Crippen LogP) is 4.84. The van der Waals surface area contributed by atoms with Gasteiger partial charge in [0.25, 0.3) is 0 Å². The van der Waals surface area contributed by atoms with E-state index in [9.17, 15) is 0 Å². The van der Waals surface area contributed by atoms with Crippen LogP contribution in [0.3, 0.4) is 0 Å². The fraction of sp³-hybridized carbons (Fsp3) is 0.909. The molecule has 14 heavy (non-hydrogen) atoms. The summed E-state index contributed by atoms with van der Waals surface area (Å²) in [5.74, 6) is 0.782. The molecule has 0 aliphatic carbocycles. The van der Waals surface area contributed by atoms with Gasteiger partial charge in [-0.15, -0.1) is 6.54 Å². The minimum absolute atomic E-state index is 0. The molecule has 0 spiro atoms. The van der Waals surface area contributed by atoms with Gasteiger partial charge in [0, 0.05) is 0 Å². The zero-order valence-corrected chi connectivity index (χ0v) is 12.6. The van der Waals surface area contributed by atoms with Crippen LogP contribution < -0.4 is 0 Å². The molecule has 2 atom stereocenters. The fourth-order valence-corrected chi connectivity index (χ4v) is 0.441. The predicted molar refractivity (Wildman–Crippen MR) is 75.9 cm³/mol. The van der Waals surface area contributed by atoms with Crippen molar-refractivity contribution in [2.45, 2.75) is 49.5 Å². The molecule has 0 fully saturated rings. The monoisotopic (exact) mass is 395 g/mol. The first-order valence-corrected chi connectivity index (χ1v) is 3.57. The molecule has 0 N–H and O–H groups in total. The fourth-order valence-electron chi connectivity index (χ4n) is 0.441. The Kier molecular flexibility index (Phi) is 157. The van der Waals surface area contributed by atoms with Crippen LogP contribution in [0.4, 0.5) is 0 Å². The molecular formula is C11H34NPW. The molecule has 0 aromatic rings. The van der Waals surface area contributed by atoms with Crippen LogP contribution in [0, 0.1) is 12.8 Å². The first-order valence-electron chi connectivity index (χ1n) is 3.57. The molecule has 0 saturated carbocycles. The van der Waals surface area contributed by atoms with E-state index < -0.39 is 0 Å². The van der Waals surface area contributed by atoms with Crippen LogP contribution in [0.1, 0.15) is 49.5 Å². The van der Waals surface area contributed by atoms with Crippen LogP contribution in [0.5, 0.6) is 0 Å². The number of nitrogens with zero attached hydrogens (tertiary/aromatic N) is 1. The molecule has 1 nitrogen and oxygen atoms in total. The second kappa shape index (κ2) is 48.1. The summed E-state index contributed by atoms with van der Waals surface area (Å²) in [6, 6.07) is 0. The van der Waals surface area contributed by atoms with Crippen molar-refractivity contribution < 1.29 is 21.1 Å². The Morgan fingerprint density at radius 1 is 1.14 bits per heavy atom. The summed E-state index contributed by atoms with van der Waals surface area (Å²) in [4.78, 5) is 0. The van der Waals surface area contributed by atoms with Crippen molar-refractivity contribution in [3.63, 3.8) is 0 Å². The molecule has 0 bridgehead atoms. The Morgan fingerprint density at radius 2 is 1.43 bits per heavy atom. The summed E-state index contributed by atoms with van der Waals surface area (Å²) < 4.78 is 0. The first-order chi connectivity index (χ1) is 4.31. The van der Waals surface area contributed by atoms with Crippen molar-refractivity contribution in [1.82, 2.24) is 0 Å². The van der Waals surface area contributed by atoms with Crippen LogP contribution in [0.15, 0.2) is 0 Å². The summed E-state index contributed by atoms with van der Waals surface area (Å²) in [6.07, 6.45) is 1.25. The standard InChI is InChI=1S/C6H14N.C2H5.3CH4.H3P.W/c1-4-6(2)5-7-3;1-2;;;;;/h6H,4-5H2,1-3H3;1H2,2H3;3*1H4;1H3;/q2*-1;;;;;+2. The summed E-state index contributed by atoms with van der Waals surface area (Å²) in [5.41, 5.74) is 0. The molecule has 3 heteroatoms. The maximum absolute atomic E-state index is 4.01. The van der Waals surface area contributed by atoms with Crippen molar-refractivity contribution in [2.75, 3.05) is 13.6 Å². The Labute approximate surface area is 112 Å². The van der Waals surface area contributed by atoms with Gasteiger partial charge < -0.3 is 12.2 Å². The molecule has 0 aromatic heterocycles. The van der Waals surface area contributed by atoms with E-state index in [4.69, 9.17) is 0 Å². The number of hydrogen-bond donors (Lipinski definition) is 0.